The van der Waals surface area contributed by atoms with Crippen LogP contribution in [0, 0.1) is 11.5 Å². The second kappa shape index (κ2) is 1.22. The zero-order valence-corrected chi connectivity index (χ0v) is 4.73. The van der Waals surface area contributed by atoms with Crippen LogP contribution in [0.1, 0.15) is 13.8 Å². The minimum Gasteiger partial charge on any atom is -0.0745 e. The largest absolute Gasteiger partial charge is 0.0745 e. The van der Waals surface area contributed by atoms with Gasteiger partial charge in [-0.25, -0.2) is 0 Å². The van der Waals surface area contributed by atoms with Gasteiger partial charge in [0.05, 0.1) is 0 Å². The third kappa shape index (κ3) is 0.923. The Morgan fingerprint density at radius 1 is 1.43 bits per heavy atom. The summed E-state index contributed by atoms with van der Waals surface area (Å²) >= 11 is 0. The van der Waals surface area contributed by atoms with Gasteiger partial charge in [0.2, 0.25) is 0 Å². The highest BCUT2D eigenvalue weighted by Gasteiger charge is 2.10. The van der Waals surface area contributed by atoms with E-state index in [0.29, 0.717) is 0 Å². The van der Waals surface area contributed by atoms with Crippen molar-refractivity contribution in [3.8, 4) is 0 Å². The van der Waals surface area contributed by atoms with Crippen LogP contribution in [0.15, 0.2) is 18.2 Å². The van der Waals surface area contributed by atoms with Crippen LogP contribution in [0.4, 0.5) is 0 Å². The molecular weight excluding hydrogens is 84.1 g/mol. The molecule has 0 aromatic carbocycles. The van der Waals surface area contributed by atoms with Crippen LogP contribution in [-0.4, -0.2) is 0 Å². The molecule has 0 saturated heterocycles. The van der Waals surface area contributed by atoms with Gasteiger partial charge in [0.1, 0.15) is 0 Å². The lowest BCUT2D eigenvalue weighted by Crippen LogP contribution is -1.98. The van der Waals surface area contributed by atoms with Gasteiger partial charge < -0.3 is 0 Å². The highest BCUT2D eigenvalue weighted by molar-refractivity contribution is 5.17. The molecule has 0 unspecified atom stereocenters. The quantitative estimate of drug-likeness (QED) is 0.429. The van der Waals surface area contributed by atoms with Crippen LogP contribution in [0.25, 0.3) is 0 Å². The Labute approximate surface area is 44.5 Å². The van der Waals surface area contributed by atoms with E-state index < -0.39 is 0 Å². The molecule has 0 nitrogen and oxygen atoms in total. The molecule has 1 aliphatic carbocycles. The van der Waals surface area contributed by atoms with E-state index in [1.54, 1.807) is 0 Å². The van der Waals surface area contributed by atoms with Crippen LogP contribution in [0.2, 0.25) is 0 Å². The van der Waals surface area contributed by atoms with E-state index in [-0.39, 0.29) is 5.41 Å². The van der Waals surface area contributed by atoms with E-state index in [0.717, 1.165) is 0 Å². The molecule has 0 aromatic rings. The van der Waals surface area contributed by atoms with Crippen LogP contribution >= 0.6 is 0 Å². The van der Waals surface area contributed by atoms with Crippen LogP contribution in [0.5, 0.6) is 0 Å². The van der Waals surface area contributed by atoms with Crippen LogP contribution < -0.4 is 0 Å². The lowest BCUT2D eigenvalue weighted by atomic mass is 9.97. The molecular formula is C7H9. The zero-order chi connectivity index (χ0) is 5.33. The maximum absolute atomic E-state index is 3.16. The van der Waals surface area contributed by atoms with Gasteiger partial charge in [-0.1, -0.05) is 32.1 Å². The number of allylic oxidation sites excluding steroid dienone is 4. The number of hydrogen-bond acceptors (Lipinski definition) is 0. The second-order valence-corrected chi connectivity index (χ2v) is 2.39. The van der Waals surface area contributed by atoms with E-state index in [1.807, 2.05) is 12.2 Å². The van der Waals surface area contributed by atoms with Crippen molar-refractivity contribution in [2.24, 2.45) is 5.41 Å². The van der Waals surface area contributed by atoms with Crippen molar-refractivity contribution in [1.29, 1.82) is 0 Å². The lowest BCUT2D eigenvalue weighted by Gasteiger charge is -2.07. The molecule has 0 heteroatoms. The maximum Gasteiger partial charge on any atom is 0.00814 e. The van der Waals surface area contributed by atoms with Crippen molar-refractivity contribution >= 4 is 0 Å². The van der Waals surface area contributed by atoms with Crippen LogP contribution in [0.3, 0.4) is 0 Å². The molecule has 0 aliphatic heterocycles. The fourth-order valence-electron chi connectivity index (χ4n) is 0.600. The molecule has 1 radical (unpaired) electrons. The molecule has 0 bridgehead atoms. The Morgan fingerprint density at radius 2 is 2.14 bits per heavy atom. The van der Waals surface area contributed by atoms with Crippen molar-refractivity contribution in [1.82, 2.24) is 0 Å². The Hall–Kier alpha value is -0.520. The molecule has 0 fully saturated rings. The van der Waals surface area contributed by atoms with Crippen LogP contribution in [-0.2, 0) is 0 Å². The van der Waals surface area contributed by atoms with Gasteiger partial charge >= 0.3 is 0 Å². The predicted molar refractivity (Wildman–Crippen MR) is 30.7 cm³/mol. The molecule has 0 heterocycles. The van der Waals surface area contributed by atoms with E-state index >= 15 is 0 Å². The first kappa shape index (κ1) is 4.63. The third-order valence-electron chi connectivity index (χ3n) is 1.06. The summed E-state index contributed by atoms with van der Waals surface area (Å²) in [6, 6.07) is 0. The summed E-state index contributed by atoms with van der Waals surface area (Å²) in [6.45, 7) is 4.26. The van der Waals surface area contributed by atoms with Crippen molar-refractivity contribution in [2.75, 3.05) is 0 Å². The van der Waals surface area contributed by atoms with Crippen molar-refractivity contribution in [2.45, 2.75) is 13.8 Å². The SMILES string of the molecule is CC1(C)[C]=CC=C1. The summed E-state index contributed by atoms with van der Waals surface area (Å²) in [4.78, 5) is 0. The van der Waals surface area contributed by atoms with Crippen molar-refractivity contribution in [3.05, 3.63) is 24.3 Å². The normalized spacial score (nSPS) is 23.7. The van der Waals surface area contributed by atoms with Gasteiger partial charge in [-0.3, -0.25) is 0 Å². The first-order chi connectivity index (χ1) is 3.21. The smallest absolute Gasteiger partial charge is 0.00814 e. The molecule has 0 aromatic heterocycles. The molecule has 0 spiro atoms. The minimum atomic E-state index is 0.208. The maximum atomic E-state index is 3.16. The van der Waals surface area contributed by atoms with Crippen molar-refractivity contribution < 1.29 is 0 Å². The highest BCUT2D eigenvalue weighted by Crippen LogP contribution is 2.21. The predicted octanol–water partition coefficient (Wildman–Crippen LogP) is 1.94. The third-order valence-corrected chi connectivity index (χ3v) is 1.06. The average Bonchev–Trinajstić information content (AvgIpc) is 1.84. The molecule has 0 N–H and O–H groups in total. The van der Waals surface area contributed by atoms with Gasteiger partial charge in [-0.2, -0.15) is 0 Å². The van der Waals surface area contributed by atoms with Gasteiger partial charge in [0, 0.05) is 5.41 Å². The van der Waals surface area contributed by atoms with E-state index in [4.69, 9.17) is 0 Å². The standard InChI is InChI=1S/C7H9/c1-7(2)5-3-4-6-7/h3-5H,1-2H3. The monoisotopic (exact) mass is 93.1 g/mol. The summed E-state index contributed by atoms with van der Waals surface area (Å²) in [5.41, 5.74) is 0.208. The number of hydrogen-bond donors (Lipinski definition) is 0. The molecule has 0 saturated carbocycles. The van der Waals surface area contributed by atoms with E-state index in [9.17, 15) is 0 Å². The Balaban J connectivity index is 2.77. The fraction of sp³-hybridized carbons (Fsp3) is 0.429. The summed E-state index contributed by atoms with van der Waals surface area (Å²) in [5, 5.41) is 0. The highest BCUT2D eigenvalue weighted by atomic mass is 14.1. The summed E-state index contributed by atoms with van der Waals surface area (Å²) in [7, 11) is 0. The van der Waals surface area contributed by atoms with Gasteiger partial charge in [-0.15, -0.1) is 0 Å². The van der Waals surface area contributed by atoms with Gasteiger partial charge in [-0.05, 0) is 6.08 Å². The molecule has 0 atom stereocenters. The summed E-state index contributed by atoms with van der Waals surface area (Å²) < 4.78 is 0. The first-order valence-electron chi connectivity index (χ1n) is 2.49. The lowest BCUT2D eigenvalue weighted by molar-refractivity contribution is 0.615. The molecule has 0 amide bonds. The topological polar surface area (TPSA) is 0 Å². The molecule has 7 heavy (non-hydrogen) atoms. The second-order valence-electron chi connectivity index (χ2n) is 2.39. The zero-order valence-electron chi connectivity index (χ0n) is 4.73. The summed E-state index contributed by atoms with van der Waals surface area (Å²) in [5.74, 6) is 0. The fourth-order valence-corrected chi connectivity index (χ4v) is 0.600. The van der Waals surface area contributed by atoms with Gasteiger partial charge in [0.25, 0.3) is 0 Å². The van der Waals surface area contributed by atoms with E-state index in [2.05, 4.69) is 26.0 Å². The minimum absolute atomic E-state index is 0.208. The van der Waals surface area contributed by atoms with Gasteiger partial charge in [0.15, 0.2) is 0 Å². The Bertz CT molecular complexity index is 102. The molecule has 37 valence electrons. The number of rotatable bonds is 0. The molecule has 1 aliphatic rings. The summed E-state index contributed by atoms with van der Waals surface area (Å²) in [6.07, 6.45) is 9.28. The van der Waals surface area contributed by atoms with E-state index in [1.165, 1.54) is 0 Å². The van der Waals surface area contributed by atoms with Crippen molar-refractivity contribution in [3.63, 3.8) is 0 Å². The Morgan fingerprint density at radius 3 is 2.29 bits per heavy atom. The average molecular weight is 93.1 g/mol. The molecule has 1 rings (SSSR count). The first-order valence-corrected chi connectivity index (χ1v) is 2.49. The Kier molecular flexibility index (Phi) is 0.810.